The molecule has 4 saturated carbocycles. The molecule has 4 aliphatic rings. The SMILES string of the molecule is CC(NC(=O)c1cc(-c2cccnc2)nc2ccccc12)C12CC3CC(CC(C3)C1)C2. The molecule has 1 amide bonds. The Labute approximate surface area is 183 Å². The van der Waals surface area contributed by atoms with Gasteiger partial charge in [-0.15, -0.1) is 0 Å². The van der Waals surface area contributed by atoms with Crippen molar-refractivity contribution >= 4 is 16.8 Å². The topological polar surface area (TPSA) is 54.9 Å². The molecule has 7 rings (SSSR count). The predicted molar refractivity (Wildman–Crippen MR) is 123 cm³/mol. The summed E-state index contributed by atoms with van der Waals surface area (Å²) >= 11 is 0. The Morgan fingerprint density at radius 1 is 1.03 bits per heavy atom. The molecule has 1 N–H and O–H groups in total. The van der Waals surface area contributed by atoms with Crippen LogP contribution < -0.4 is 5.32 Å². The van der Waals surface area contributed by atoms with E-state index in [1.54, 1.807) is 12.4 Å². The number of pyridine rings is 2. The van der Waals surface area contributed by atoms with E-state index in [1.807, 2.05) is 42.5 Å². The van der Waals surface area contributed by atoms with Crippen molar-refractivity contribution in [3.8, 4) is 11.3 Å². The summed E-state index contributed by atoms with van der Waals surface area (Å²) in [6, 6.07) is 14.0. The second kappa shape index (κ2) is 7.15. The number of para-hydroxylation sites is 1. The number of hydrogen-bond donors (Lipinski definition) is 1. The smallest absolute Gasteiger partial charge is 0.252 e. The number of hydrogen-bond acceptors (Lipinski definition) is 3. The number of nitrogens with zero attached hydrogens (tertiary/aromatic N) is 2. The van der Waals surface area contributed by atoms with Gasteiger partial charge in [-0.2, -0.15) is 0 Å². The molecule has 0 aliphatic heterocycles. The maximum atomic E-state index is 13.6. The van der Waals surface area contributed by atoms with Gasteiger partial charge < -0.3 is 5.32 Å². The highest BCUT2D eigenvalue weighted by Gasteiger charge is 2.53. The van der Waals surface area contributed by atoms with Crippen LogP contribution in [0.5, 0.6) is 0 Å². The second-order valence-corrected chi connectivity index (χ2v) is 10.3. The van der Waals surface area contributed by atoms with Gasteiger partial charge in [0.1, 0.15) is 0 Å². The number of amides is 1. The van der Waals surface area contributed by atoms with E-state index in [1.165, 1.54) is 38.5 Å². The van der Waals surface area contributed by atoms with Gasteiger partial charge in [-0.3, -0.25) is 9.78 Å². The molecule has 4 fully saturated rings. The molecule has 3 aromatic rings. The average molecular weight is 412 g/mol. The second-order valence-electron chi connectivity index (χ2n) is 10.3. The molecule has 0 spiro atoms. The van der Waals surface area contributed by atoms with Crippen molar-refractivity contribution in [1.82, 2.24) is 15.3 Å². The molecule has 1 aromatic carbocycles. The Morgan fingerprint density at radius 3 is 2.42 bits per heavy atom. The van der Waals surface area contributed by atoms with Crippen LogP contribution in [0.3, 0.4) is 0 Å². The summed E-state index contributed by atoms with van der Waals surface area (Å²) in [5.41, 5.74) is 3.56. The van der Waals surface area contributed by atoms with Gasteiger partial charge in [0.05, 0.1) is 16.8 Å². The Balaban J connectivity index is 1.34. The zero-order valence-corrected chi connectivity index (χ0v) is 18.1. The number of aromatic nitrogens is 2. The molecular formula is C27H29N3O. The van der Waals surface area contributed by atoms with Crippen molar-refractivity contribution < 1.29 is 4.79 Å². The normalized spacial score (nSPS) is 29.8. The van der Waals surface area contributed by atoms with E-state index < -0.39 is 0 Å². The van der Waals surface area contributed by atoms with Crippen LogP contribution >= 0.6 is 0 Å². The summed E-state index contributed by atoms with van der Waals surface area (Å²) < 4.78 is 0. The summed E-state index contributed by atoms with van der Waals surface area (Å²) in [5.74, 6) is 2.66. The minimum absolute atomic E-state index is 0.0204. The largest absolute Gasteiger partial charge is 0.349 e. The fourth-order valence-corrected chi connectivity index (χ4v) is 7.16. The molecule has 1 atom stereocenters. The third-order valence-corrected chi connectivity index (χ3v) is 8.27. The molecule has 31 heavy (non-hydrogen) atoms. The van der Waals surface area contributed by atoms with Crippen molar-refractivity contribution in [2.75, 3.05) is 0 Å². The van der Waals surface area contributed by atoms with Crippen LogP contribution in [0.25, 0.3) is 22.2 Å². The van der Waals surface area contributed by atoms with Gasteiger partial charge in [-0.25, -0.2) is 4.98 Å². The molecule has 0 radical (unpaired) electrons. The number of rotatable bonds is 4. The lowest BCUT2D eigenvalue weighted by Gasteiger charge is -2.59. The van der Waals surface area contributed by atoms with Crippen molar-refractivity contribution in [3.05, 3.63) is 60.4 Å². The summed E-state index contributed by atoms with van der Waals surface area (Å²) in [4.78, 5) is 22.6. The van der Waals surface area contributed by atoms with Gasteiger partial charge in [0.15, 0.2) is 0 Å². The molecule has 4 bridgehead atoms. The van der Waals surface area contributed by atoms with E-state index in [0.717, 1.165) is 39.9 Å². The molecule has 158 valence electrons. The summed E-state index contributed by atoms with van der Waals surface area (Å²) in [6.45, 7) is 2.25. The number of nitrogens with one attached hydrogen (secondary N) is 1. The fourth-order valence-electron chi connectivity index (χ4n) is 7.16. The first-order valence-electron chi connectivity index (χ1n) is 11.7. The lowest BCUT2D eigenvalue weighted by Crippen LogP contribution is -2.55. The van der Waals surface area contributed by atoms with Gasteiger partial charge in [0, 0.05) is 29.4 Å². The van der Waals surface area contributed by atoms with E-state index in [9.17, 15) is 4.79 Å². The fraction of sp³-hybridized carbons (Fsp3) is 0.444. The van der Waals surface area contributed by atoms with Crippen LogP contribution in [0, 0.1) is 23.2 Å². The Hall–Kier alpha value is -2.75. The zero-order valence-electron chi connectivity index (χ0n) is 18.1. The Morgan fingerprint density at radius 2 is 1.74 bits per heavy atom. The molecular weight excluding hydrogens is 382 g/mol. The highest BCUT2D eigenvalue weighted by atomic mass is 16.1. The number of carbonyl (C=O) groups excluding carboxylic acids is 1. The van der Waals surface area contributed by atoms with E-state index in [4.69, 9.17) is 4.98 Å². The minimum atomic E-state index is 0.0204. The van der Waals surface area contributed by atoms with E-state index in [-0.39, 0.29) is 11.9 Å². The zero-order chi connectivity index (χ0) is 21.0. The molecule has 4 heteroatoms. The molecule has 2 aromatic heterocycles. The highest BCUT2D eigenvalue weighted by Crippen LogP contribution is 2.61. The summed E-state index contributed by atoms with van der Waals surface area (Å²) in [5, 5.41) is 4.35. The van der Waals surface area contributed by atoms with Crippen LogP contribution in [0.1, 0.15) is 55.8 Å². The van der Waals surface area contributed by atoms with Gasteiger partial charge in [-0.1, -0.05) is 18.2 Å². The van der Waals surface area contributed by atoms with Crippen LogP contribution in [0.15, 0.2) is 54.9 Å². The maximum absolute atomic E-state index is 13.6. The first-order valence-corrected chi connectivity index (χ1v) is 11.7. The molecule has 1 unspecified atom stereocenters. The van der Waals surface area contributed by atoms with Crippen molar-refractivity contribution in [2.45, 2.75) is 51.5 Å². The van der Waals surface area contributed by atoms with Crippen molar-refractivity contribution in [1.29, 1.82) is 0 Å². The van der Waals surface area contributed by atoms with Crippen molar-refractivity contribution in [3.63, 3.8) is 0 Å². The number of fused-ring (bicyclic) bond motifs is 1. The lowest BCUT2D eigenvalue weighted by atomic mass is 9.48. The number of benzene rings is 1. The first kappa shape index (κ1) is 19.0. The van der Waals surface area contributed by atoms with Gasteiger partial charge in [0.2, 0.25) is 0 Å². The summed E-state index contributed by atoms with van der Waals surface area (Å²) in [6.07, 6.45) is 11.7. The predicted octanol–water partition coefficient (Wildman–Crippen LogP) is 5.63. The standard InChI is InChI=1S/C27H29N3O/c1-17(27-13-18-9-19(14-27)11-20(10-18)15-27)29-26(31)23-12-25(21-5-4-8-28-16-21)30-24-7-3-2-6-22(23)24/h2-8,12,16-20H,9-11,13-15H2,1H3,(H,29,31). The van der Waals surface area contributed by atoms with Crippen LogP contribution in [0.4, 0.5) is 0 Å². The monoisotopic (exact) mass is 411 g/mol. The maximum Gasteiger partial charge on any atom is 0.252 e. The third kappa shape index (κ3) is 3.24. The lowest BCUT2D eigenvalue weighted by molar-refractivity contribution is -0.0687. The van der Waals surface area contributed by atoms with Gasteiger partial charge in [-0.05, 0) is 92.9 Å². The molecule has 2 heterocycles. The minimum Gasteiger partial charge on any atom is -0.349 e. The van der Waals surface area contributed by atoms with Gasteiger partial charge >= 0.3 is 0 Å². The average Bonchev–Trinajstić information content (AvgIpc) is 2.78. The molecule has 4 nitrogen and oxygen atoms in total. The summed E-state index contributed by atoms with van der Waals surface area (Å²) in [7, 11) is 0. The van der Waals surface area contributed by atoms with Crippen LogP contribution in [0.2, 0.25) is 0 Å². The highest BCUT2D eigenvalue weighted by molar-refractivity contribution is 6.07. The van der Waals surface area contributed by atoms with E-state index in [0.29, 0.717) is 11.0 Å². The first-order chi connectivity index (χ1) is 15.1. The van der Waals surface area contributed by atoms with Gasteiger partial charge in [0.25, 0.3) is 5.91 Å². The molecule has 4 aliphatic carbocycles. The quantitative estimate of drug-likeness (QED) is 0.605. The molecule has 0 saturated heterocycles. The van der Waals surface area contributed by atoms with Crippen LogP contribution in [-0.2, 0) is 0 Å². The Bertz CT molecular complexity index is 1100. The van der Waals surface area contributed by atoms with E-state index >= 15 is 0 Å². The number of carbonyl (C=O) groups is 1. The third-order valence-electron chi connectivity index (χ3n) is 8.27. The van der Waals surface area contributed by atoms with Crippen molar-refractivity contribution in [2.24, 2.45) is 23.2 Å². The van der Waals surface area contributed by atoms with Crippen LogP contribution in [-0.4, -0.2) is 21.9 Å². The van der Waals surface area contributed by atoms with E-state index in [2.05, 4.69) is 17.2 Å². The Kier molecular flexibility index (Phi) is 4.38.